The zero-order valence-electron chi connectivity index (χ0n) is 12.0. The Morgan fingerprint density at radius 3 is 2.52 bits per heavy atom. The number of halogens is 1. The van der Waals surface area contributed by atoms with Crippen LogP contribution >= 0.6 is 22.6 Å². The second-order valence-electron chi connectivity index (χ2n) is 5.11. The lowest BCUT2D eigenvalue weighted by Gasteiger charge is -2.21. The number of hydrogen-bond donors (Lipinski definition) is 1. The highest BCUT2D eigenvalue weighted by molar-refractivity contribution is 14.1. The van der Waals surface area contributed by atoms with Crippen molar-refractivity contribution in [3.8, 4) is 0 Å². The molecule has 0 aliphatic carbocycles. The van der Waals surface area contributed by atoms with Gasteiger partial charge in [-0.3, -0.25) is 0 Å². The molecule has 2 heteroatoms. The summed E-state index contributed by atoms with van der Waals surface area (Å²) in [5.74, 6) is 0. The third kappa shape index (κ3) is 3.11. The van der Waals surface area contributed by atoms with E-state index in [1.807, 2.05) is 0 Å². The number of fused-ring (bicyclic) bond motifs is 1. The smallest absolute Gasteiger partial charge is 0.0583 e. The monoisotopic (exact) mass is 387 g/mol. The molecule has 0 bridgehead atoms. The fourth-order valence-electron chi connectivity index (χ4n) is 2.80. The molecule has 3 aromatic carbocycles. The van der Waals surface area contributed by atoms with Crippen molar-refractivity contribution in [1.29, 1.82) is 0 Å². The molecule has 1 unspecified atom stereocenters. The maximum Gasteiger partial charge on any atom is 0.0583 e. The van der Waals surface area contributed by atoms with Gasteiger partial charge in [-0.05, 0) is 63.2 Å². The molecule has 3 aromatic rings. The largest absolute Gasteiger partial charge is 0.307 e. The van der Waals surface area contributed by atoms with E-state index < -0.39 is 0 Å². The zero-order valence-corrected chi connectivity index (χ0v) is 14.2. The molecule has 1 atom stereocenters. The molecule has 0 spiro atoms. The van der Waals surface area contributed by atoms with Crippen LogP contribution in [0.15, 0.2) is 66.7 Å². The van der Waals surface area contributed by atoms with Crippen LogP contribution in [0.25, 0.3) is 10.8 Å². The Labute approximate surface area is 139 Å². The van der Waals surface area contributed by atoms with E-state index in [1.165, 1.54) is 25.5 Å². The van der Waals surface area contributed by atoms with Crippen molar-refractivity contribution in [2.24, 2.45) is 0 Å². The normalized spacial score (nSPS) is 12.5. The third-order valence-corrected chi connectivity index (χ3v) is 4.40. The summed E-state index contributed by atoms with van der Waals surface area (Å²) in [6, 6.07) is 24.1. The highest BCUT2D eigenvalue weighted by atomic mass is 127. The van der Waals surface area contributed by atoms with Crippen LogP contribution < -0.4 is 5.32 Å². The van der Waals surface area contributed by atoms with Crippen molar-refractivity contribution in [2.45, 2.75) is 13.0 Å². The van der Waals surface area contributed by atoms with Gasteiger partial charge in [0.1, 0.15) is 0 Å². The zero-order chi connectivity index (χ0) is 14.7. The van der Waals surface area contributed by atoms with E-state index in [2.05, 4.69) is 102 Å². The van der Waals surface area contributed by atoms with Gasteiger partial charge in [0.15, 0.2) is 0 Å². The minimum Gasteiger partial charge on any atom is -0.307 e. The standard InChI is InChI=1S/C19H18IN/c1-2-21-19(15-9-5-10-16(20)13-15)18-12-6-8-14-7-3-4-11-17(14)18/h3-13,19,21H,2H2,1H3. The summed E-state index contributed by atoms with van der Waals surface area (Å²) >= 11 is 2.38. The minimum atomic E-state index is 0.232. The van der Waals surface area contributed by atoms with Crippen molar-refractivity contribution < 1.29 is 0 Å². The Bertz CT molecular complexity index is 746. The molecule has 1 N–H and O–H groups in total. The average Bonchev–Trinajstić information content (AvgIpc) is 2.52. The molecular formula is C19H18IN. The van der Waals surface area contributed by atoms with E-state index in [0.29, 0.717) is 0 Å². The first-order valence-electron chi connectivity index (χ1n) is 7.26. The van der Waals surface area contributed by atoms with E-state index in [4.69, 9.17) is 0 Å². The van der Waals surface area contributed by atoms with Gasteiger partial charge in [0.2, 0.25) is 0 Å². The Morgan fingerprint density at radius 1 is 0.952 bits per heavy atom. The van der Waals surface area contributed by atoms with E-state index in [9.17, 15) is 0 Å². The van der Waals surface area contributed by atoms with Gasteiger partial charge in [-0.25, -0.2) is 0 Å². The molecule has 0 amide bonds. The molecule has 0 fully saturated rings. The Kier molecular flexibility index (Phi) is 4.56. The molecule has 0 aliphatic heterocycles. The molecule has 1 nitrogen and oxygen atoms in total. The molecule has 106 valence electrons. The summed E-state index contributed by atoms with van der Waals surface area (Å²) < 4.78 is 1.27. The second-order valence-corrected chi connectivity index (χ2v) is 6.36. The summed E-state index contributed by atoms with van der Waals surface area (Å²) in [6.45, 7) is 3.10. The average molecular weight is 387 g/mol. The third-order valence-electron chi connectivity index (χ3n) is 3.72. The van der Waals surface area contributed by atoms with Crippen LogP contribution in [0.5, 0.6) is 0 Å². The van der Waals surface area contributed by atoms with Crippen molar-refractivity contribution >= 4 is 33.4 Å². The fourth-order valence-corrected chi connectivity index (χ4v) is 3.37. The molecule has 0 radical (unpaired) electrons. The van der Waals surface area contributed by atoms with E-state index >= 15 is 0 Å². The Morgan fingerprint density at radius 2 is 1.71 bits per heavy atom. The van der Waals surface area contributed by atoms with Crippen LogP contribution in [0.1, 0.15) is 24.1 Å². The minimum absolute atomic E-state index is 0.232. The first-order valence-corrected chi connectivity index (χ1v) is 8.34. The molecular weight excluding hydrogens is 369 g/mol. The van der Waals surface area contributed by atoms with Crippen molar-refractivity contribution in [2.75, 3.05) is 6.54 Å². The lowest BCUT2D eigenvalue weighted by Crippen LogP contribution is -2.22. The molecule has 0 aliphatic rings. The quantitative estimate of drug-likeness (QED) is 0.611. The van der Waals surface area contributed by atoms with Crippen LogP contribution in [0, 0.1) is 3.57 Å². The maximum atomic E-state index is 3.63. The summed E-state index contributed by atoms with van der Waals surface area (Å²) in [5, 5.41) is 6.25. The number of rotatable bonds is 4. The van der Waals surface area contributed by atoms with Crippen LogP contribution in [-0.4, -0.2) is 6.54 Å². The van der Waals surface area contributed by atoms with Crippen molar-refractivity contribution in [1.82, 2.24) is 5.32 Å². The van der Waals surface area contributed by atoms with E-state index in [-0.39, 0.29) is 6.04 Å². The molecule has 0 saturated heterocycles. The van der Waals surface area contributed by atoms with Gasteiger partial charge in [0.05, 0.1) is 6.04 Å². The van der Waals surface area contributed by atoms with E-state index in [0.717, 1.165) is 6.54 Å². The first-order chi connectivity index (χ1) is 10.3. The molecule has 3 rings (SSSR count). The lowest BCUT2D eigenvalue weighted by atomic mass is 9.94. The number of hydrogen-bond acceptors (Lipinski definition) is 1. The highest BCUT2D eigenvalue weighted by Gasteiger charge is 2.15. The summed E-state index contributed by atoms with van der Waals surface area (Å²) in [5.41, 5.74) is 2.66. The molecule has 0 aromatic heterocycles. The predicted octanol–water partition coefficient (Wildman–Crippen LogP) is 5.14. The summed E-state index contributed by atoms with van der Waals surface area (Å²) in [7, 11) is 0. The highest BCUT2D eigenvalue weighted by Crippen LogP contribution is 2.29. The second kappa shape index (κ2) is 6.58. The first kappa shape index (κ1) is 14.5. The van der Waals surface area contributed by atoms with Crippen LogP contribution in [0.2, 0.25) is 0 Å². The van der Waals surface area contributed by atoms with Crippen molar-refractivity contribution in [3.05, 3.63) is 81.4 Å². The van der Waals surface area contributed by atoms with E-state index in [1.54, 1.807) is 0 Å². The van der Waals surface area contributed by atoms with Gasteiger partial charge in [-0.15, -0.1) is 0 Å². The molecule has 0 saturated carbocycles. The van der Waals surface area contributed by atoms with Gasteiger partial charge in [-0.2, -0.15) is 0 Å². The predicted molar refractivity (Wildman–Crippen MR) is 98.6 cm³/mol. The van der Waals surface area contributed by atoms with Gasteiger partial charge in [0, 0.05) is 3.57 Å². The summed E-state index contributed by atoms with van der Waals surface area (Å²) in [6.07, 6.45) is 0. The molecule has 0 heterocycles. The number of nitrogens with one attached hydrogen (secondary N) is 1. The number of benzene rings is 3. The fraction of sp³-hybridized carbons (Fsp3) is 0.158. The van der Waals surface area contributed by atoms with Crippen molar-refractivity contribution in [3.63, 3.8) is 0 Å². The van der Waals surface area contributed by atoms with Gasteiger partial charge in [-0.1, -0.05) is 61.5 Å². The lowest BCUT2D eigenvalue weighted by molar-refractivity contribution is 0.634. The SMILES string of the molecule is CCNC(c1cccc(I)c1)c1cccc2ccccc12. The topological polar surface area (TPSA) is 12.0 Å². The van der Waals surface area contributed by atoms with Crippen LogP contribution in [0.4, 0.5) is 0 Å². The molecule has 21 heavy (non-hydrogen) atoms. The van der Waals surface area contributed by atoms with Crippen LogP contribution in [0.3, 0.4) is 0 Å². The Hall–Kier alpha value is -1.39. The Balaban J connectivity index is 2.16. The van der Waals surface area contributed by atoms with Gasteiger partial charge >= 0.3 is 0 Å². The maximum absolute atomic E-state index is 3.63. The summed E-state index contributed by atoms with van der Waals surface area (Å²) in [4.78, 5) is 0. The van der Waals surface area contributed by atoms with Gasteiger partial charge < -0.3 is 5.32 Å². The van der Waals surface area contributed by atoms with Crippen LogP contribution in [-0.2, 0) is 0 Å². The van der Waals surface area contributed by atoms with Gasteiger partial charge in [0.25, 0.3) is 0 Å².